The number of hydrogen-bond acceptors (Lipinski definition) is 1. The fourth-order valence-electron chi connectivity index (χ4n) is 2.89. The van der Waals surface area contributed by atoms with Crippen LogP contribution in [0.4, 0.5) is 0 Å². The van der Waals surface area contributed by atoms with Crippen molar-refractivity contribution in [3.8, 4) is 0 Å². The molecule has 0 N–H and O–H groups in total. The number of ether oxygens (including phenoxy) is 1. The normalized spacial score (nSPS) is 16.1. The summed E-state index contributed by atoms with van der Waals surface area (Å²) in [5.41, 5.74) is 5.03. The minimum Gasteiger partial charge on any atom is -0.365 e. The number of piperidine rings is 1. The van der Waals surface area contributed by atoms with Gasteiger partial charge in [0.15, 0.2) is 0 Å². The van der Waals surface area contributed by atoms with Crippen LogP contribution in [-0.2, 0) is 4.74 Å². The smallest absolute Gasteiger partial charge is 0.108 e. The molecule has 2 nitrogen and oxygen atoms in total. The summed E-state index contributed by atoms with van der Waals surface area (Å²) in [6, 6.07) is 17.4. The third kappa shape index (κ3) is 3.76. The number of hydrogen-bond donors (Lipinski definition) is 0. The van der Waals surface area contributed by atoms with Gasteiger partial charge in [-0.15, -0.1) is 0 Å². The molecule has 1 saturated heterocycles. The van der Waals surface area contributed by atoms with Crippen molar-refractivity contribution >= 4 is 0 Å². The van der Waals surface area contributed by atoms with Crippen molar-refractivity contribution in [1.82, 2.24) is 5.32 Å². The van der Waals surface area contributed by atoms with E-state index in [-0.39, 0.29) is 6.10 Å². The fourth-order valence-corrected chi connectivity index (χ4v) is 2.89. The summed E-state index contributed by atoms with van der Waals surface area (Å²) in [5, 5.41) is 4.42. The average Bonchev–Trinajstić information content (AvgIpc) is 2.56. The first-order valence-corrected chi connectivity index (χ1v) is 8.14. The largest absolute Gasteiger partial charge is 0.365 e. The van der Waals surface area contributed by atoms with Crippen molar-refractivity contribution in [3.05, 3.63) is 70.8 Å². The SMILES string of the molecule is Cc1ccc(C(OC2CC[N]CC2)c2ccc(C)cc2)cc1. The van der Waals surface area contributed by atoms with Gasteiger partial charge in [-0.2, -0.15) is 0 Å². The summed E-state index contributed by atoms with van der Waals surface area (Å²) < 4.78 is 6.48. The lowest BCUT2D eigenvalue weighted by atomic mass is 9.98. The Morgan fingerprint density at radius 3 is 1.73 bits per heavy atom. The van der Waals surface area contributed by atoms with E-state index in [1.807, 2.05) is 0 Å². The quantitative estimate of drug-likeness (QED) is 0.830. The van der Waals surface area contributed by atoms with Gasteiger partial charge in [0.25, 0.3) is 0 Å². The van der Waals surface area contributed by atoms with E-state index in [0.29, 0.717) is 6.10 Å². The number of nitrogens with zero attached hydrogens (tertiary/aromatic N) is 1. The predicted molar refractivity (Wildman–Crippen MR) is 90.2 cm³/mol. The molecule has 22 heavy (non-hydrogen) atoms. The second-order valence-corrected chi connectivity index (χ2v) is 6.21. The van der Waals surface area contributed by atoms with E-state index in [4.69, 9.17) is 4.74 Å². The van der Waals surface area contributed by atoms with Crippen molar-refractivity contribution in [1.29, 1.82) is 0 Å². The lowest BCUT2D eigenvalue weighted by molar-refractivity contribution is -0.00850. The molecule has 1 heterocycles. The van der Waals surface area contributed by atoms with Crippen molar-refractivity contribution < 1.29 is 4.74 Å². The van der Waals surface area contributed by atoms with Gasteiger partial charge in [0.05, 0.1) is 6.10 Å². The maximum Gasteiger partial charge on any atom is 0.108 e. The summed E-state index contributed by atoms with van der Waals surface area (Å²) in [6.45, 7) is 6.10. The van der Waals surface area contributed by atoms with Gasteiger partial charge in [-0.05, 0) is 37.8 Å². The molecular formula is C20H24NO. The zero-order valence-corrected chi connectivity index (χ0v) is 13.5. The van der Waals surface area contributed by atoms with Crippen molar-refractivity contribution in [2.24, 2.45) is 0 Å². The highest BCUT2D eigenvalue weighted by atomic mass is 16.5. The molecule has 0 amide bonds. The summed E-state index contributed by atoms with van der Waals surface area (Å²) in [7, 11) is 0. The lowest BCUT2D eigenvalue weighted by Crippen LogP contribution is -2.29. The third-order valence-corrected chi connectivity index (χ3v) is 4.31. The monoisotopic (exact) mass is 294 g/mol. The summed E-state index contributed by atoms with van der Waals surface area (Å²) >= 11 is 0. The van der Waals surface area contributed by atoms with Gasteiger partial charge in [-0.25, -0.2) is 5.32 Å². The van der Waals surface area contributed by atoms with Crippen LogP contribution in [0.15, 0.2) is 48.5 Å². The Kier molecular flexibility index (Phi) is 4.91. The zero-order chi connectivity index (χ0) is 15.4. The number of aryl methyl sites for hydroxylation is 2. The highest BCUT2D eigenvalue weighted by molar-refractivity contribution is 5.33. The van der Waals surface area contributed by atoms with Crippen LogP contribution in [0.5, 0.6) is 0 Å². The maximum atomic E-state index is 6.48. The topological polar surface area (TPSA) is 23.3 Å². The van der Waals surface area contributed by atoms with Gasteiger partial charge in [0.1, 0.15) is 6.10 Å². The second-order valence-electron chi connectivity index (χ2n) is 6.21. The van der Waals surface area contributed by atoms with E-state index >= 15 is 0 Å². The molecule has 2 aromatic carbocycles. The molecule has 1 radical (unpaired) electrons. The first-order chi connectivity index (χ1) is 10.7. The fraction of sp³-hybridized carbons (Fsp3) is 0.400. The highest BCUT2D eigenvalue weighted by Gasteiger charge is 2.22. The molecule has 115 valence electrons. The number of benzene rings is 2. The van der Waals surface area contributed by atoms with E-state index < -0.39 is 0 Å². The zero-order valence-electron chi connectivity index (χ0n) is 13.5. The molecule has 1 fully saturated rings. The van der Waals surface area contributed by atoms with Gasteiger partial charge >= 0.3 is 0 Å². The summed E-state index contributed by atoms with van der Waals surface area (Å²) in [6.07, 6.45) is 2.40. The van der Waals surface area contributed by atoms with E-state index in [1.165, 1.54) is 22.3 Å². The van der Waals surface area contributed by atoms with Crippen LogP contribution in [0, 0.1) is 13.8 Å². The van der Waals surface area contributed by atoms with Crippen molar-refractivity contribution in [2.75, 3.05) is 13.1 Å². The number of rotatable bonds is 4. The summed E-state index contributed by atoms with van der Waals surface area (Å²) in [4.78, 5) is 0. The Hall–Kier alpha value is -1.64. The van der Waals surface area contributed by atoms with Crippen molar-refractivity contribution in [2.45, 2.75) is 38.9 Å². The molecule has 0 spiro atoms. The summed E-state index contributed by atoms with van der Waals surface area (Å²) in [5.74, 6) is 0. The third-order valence-electron chi connectivity index (χ3n) is 4.31. The Bertz CT molecular complexity index is 537. The second kappa shape index (κ2) is 7.08. The van der Waals surface area contributed by atoms with E-state index in [1.54, 1.807) is 0 Å². The molecule has 2 aromatic rings. The van der Waals surface area contributed by atoms with Gasteiger partial charge in [0, 0.05) is 13.1 Å². The Morgan fingerprint density at radius 2 is 1.27 bits per heavy atom. The van der Waals surface area contributed by atoms with E-state index in [2.05, 4.69) is 67.7 Å². The first-order valence-electron chi connectivity index (χ1n) is 8.14. The Balaban J connectivity index is 1.86. The van der Waals surface area contributed by atoms with E-state index in [9.17, 15) is 0 Å². The molecule has 0 aliphatic carbocycles. The predicted octanol–water partition coefficient (Wildman–Crippen LogP) is 4.18. The molecule has 0 aromatic heterocycles. The first kappa shape index (κ1) is 15.3. The molecule has 0 atom stereocenters. The molecule has 1 aliphatic rings. The average molecular weight is 294 g/mol. The standard InChI is InChI=1S/C20H24NO/c1-15-3-7-17(8-4-15)20(18-9-5-16(2)6-10-18)22-19-11-13-21-14-12-19/h3-10,19-20H,11-14H2,1-2H3. The van der Waals surface area contributed by atoms with Crippen LogP contribution in [0.25, 0.3) is 0 Å². The molecule has 0 unspecified atom stereocenters. The van der Waals surface area contributed by atoms with Crippen LogP contribution < -0.4 is 5.32 Å². The van der Waals surface area contributed by atoms with Crippen molar-refractivity contribution in [3.63, 3.8) is 0 Å². The van der Waals surface area contributed by atoms with Gasteiger partial charge in [-0.3, -0.25) is 0 Å². The molecule has 2 heteroatoms. The molecule has 3 rings (SSSR count). The molecule has 0 bridgehead atoms. The van der Waals surface area contributed by atoms with E-state index in [0.717, 1.165) is 25.9 Å². The minimum absolute atomic E-state index is 0.0179. The maximum absolute atomic E-state index is 6.48. The molecular weight excluding hydrogens is 270 g/mol. The van der Waals surface area contributed by atoms with Crippen LogP contribution >= 0.6 is 0 Å². The van der Waals surface area contributed by atoms with Gasteiger partial charge in [0.2, 0.25) is 0 Å². The lowest BCUT2D eigenvalue weighted by Gasteiger charge is -2.28. The van der Waals surface area contributed by atoms with Crippen LogP contribution in [-0.4, -0.2) is 19.2 Å². The van der Waals surface area contributed by atoms with Crippen LogP contribution in [0.1, 0.15) is 41.2 Å². The van der Waals surface area contributed by atoms with Gasteiger partial charge in [-0.1, -0.05) is 59.7 Å². The van der Waals surface area contributed by atoms with Crippen LogP contribution in [0.3, 0.4) is 0 Å². The minimum atomic E-state index is 0.0179. The highest BCUT2D eigenvalue weighted by Crippen LogP contribution is 2.29. The molecule has 1 aliphatic heterocycles. The Morgan fingerprint density at radius 1 is 0.818 bits per heavy atom. The van der Waals surface area contributed by atoms with Crippen LogP contribution in [0.2, 0.25) is 0 Å². The van der Waals surface area contributed by atoms with Gasteiger partial charge < -0.3 is 4.74 Å². The Labute approximate surface area is 133 Å². The molecule has 0 saturated carbocycles.